The lowest BCUT2D eigenvalue weighted by molar-refractivity contribution is 0.0697. The first-order chi connectivity index (χ1) is 15.3. The van der Waals surface area contributed by atoms with Crippen molar-refractivity contribution in [2.75, 3.05) is 13.2 Å². The van der Waals surface area contributed by atoms with Gasteiger partial charge in [-0.1, -0.05) is 24.3 Å². The second kappa shape index (κ2) is 10.3. The summed E-state index contributed by atoms with van der Waals surface area (Å²) in [6, 6.07) is 17.2. The number of carbonyl (C=O) groups is 1. The van der Waals surface area contributed by atoms with Gasteiger partial charge in [-0.05, 0) is 85.0 Å². The molecule has 0 fully saturated rings. The average molecular weight is 436 g/mol. The van der Waals surface area contributed by atoms with Gasteiger partial charge in [-0.2, -0.15) is 0 Å². The Morgan fingerprint density at radius 1 is 0.969 bits per heavy atom. The molecule has 3 rings (SSSR count). The molecule has 0 heterocycles. The lowest BCUT2D eigenvalue weighted by Gasteiger charge is -2.21. The minimum absolute atomic E-state index is 0.170. The normalized spacial score (nSPS) is 12.9. The number of ether oxygens (including phenoxy) is 1. The standard InChI is InChI=1S/C26H29NO5/c1-16-14-22(19-4-6-21(7-5-19)26(30)31)15-17(2)25(16)32-13-12-27-18(3)24(29)20-8-10-23(28)11-9-20/h4-11,14-15,18,24,27-29H,12-13H2,1-3H3,(H,30,31)/t18-,24-/m1/s1. The Balaban J connectivity index is 1.57. The van der Waals surface area contributed by atoms with Crippen LogP contribution in [0, 0.1) is 13.8 Å². The van der Waals surface area contributed by atoms with Crippen molar-refractivity contribution in [3.63, 3.8) is 0 Å². The summed E-state index contributed by atoms with van der Waals surface area (Å²) in [4.78, 5) is 11.0. The highest BCUT2D eigenvalue weighted by molar-refractivity contribution is 5.88. The lowest BCUT2D eigenvalue weighted by Crippen LogP contribution is -2.35. The number of aromatic hydroxyl groups is 1. The summed E-state index contributed by atoms with van der Waals surface area (Å²) in [6.07, 6.45) is -0.689. The van der Waals surface area contributed by atoms with E-state index in [1.54, 1.807) is 36.4 Å². The summed E-state index contributed by atoms with van der Waals surface area (Å²) in [5.74, 6) is 0.0552. The number of phenolic OH excluding ortho intramolecular Hbond substituents is 1. The zero-order chi connectivity index (χ0) is 23.3. The summed E-state index contributed by atoms with van der Waals surface area (Å²) in [7, 11) is 0. The molecule has 3 aromatic rings. The number of aliphatic hydroxyl groups excluding tert-OH is 1. The molecule has 0 saturated carbocycles. The topological polar surface area (TPSA) is 99.0 Å². The average Bonchev–Trinajstić information content (AvgIpc) is 2.77. The molecule has 4 N–H and O–H groups in total. The van der Waals surface area contributed by atoms with E-state index in [0.717, 1.165) is 33.6 Å². The van der Waals surface area contributed by atoms with Crippen LogP contribution in [0.15, 0.2) is 60.7 Å². The minimum atomic E-state index is -0.939. The van der Waals surface area contributed by atoms with E-state index in [1.165, 1.54) is 0 Å². The van der Waals surface area contributed by atoms with Crippen molar-refractivity contribution in [2.24, 2.45) is 0 Å². The van der Waals surface area contributed by atoms with Gasteiger partial charge in [-0.3, -0.25) is 0 Å². The van der Waals surface area contributed by atoms with Gasteiger partial charge in [0.2, 0.25) is 0 Å². The van der Waals surface area contributed by atoms with Crippen LogP contribution in [0.3, 0.4) is 0 Å². The third kappa shape index (κ3) is 5.66. The predicted molar refractivity (Wildman–Crippen MR) is 124 cm³/mol. The molecule has 0 aliphatic rings. The molecule has 0 aliphatic carbocycles. The SMILES string of the molecule is Cc1cc(-c2ccc(C(=O)O)cc2)cc(C)c1OCCN[C@H](C)[C@@H](O)c1ccc(O)cc1. The molecule has 6 heteroatoms. The first-order valence-corrected chi connectivity index (χ1v) is 10.5. The van der Waals surface area contributed by atoms with Crippen molar-refractivity contribution in [1.82, 2.24) is 5.32 Å². The third-order valence-electron chi connectivity index (χ3n) is 5.45. The fraction of sp³-hybridized carbons (Fsp3) is 0.269. The van der Waals surface area contributed by atoms with Gasteiger partial charge >= 0.3 is 5.97 Å². The quantitative estimate of drug-likeness (QED) is 0.370. The summed E-state index contributed by atoms with van der Waals surface area (Å²) in [5, 5.41) is 32.2. The molecule has 2 atom stereocenters. The molecule has 0 aromatic heterocycles. The highest BCUT2D eigenvalue weighted by atomic mass is 16.5. The Hall–Kier alpha value is -3.35. The first-order valence-electron chi connectivity index (χ1n) is 10.5. The van der Waals surface area contributed by atoms with Crippen LogP contribution in [0.2, 0.25) is 0 Å². The van der Waals surface area contributed by atoms with Crippen LogP contribution in [-0.2, 0) is 0 Å². The molecule has 0 saturated heterocycles. The smallest absolute Gasteiger partial charge is 0.335 e. The number of nitrogens with one attached hydrogen (secondary N) is 1. The number of aryl methyl sites for hydroxylation is 2. The third-order valence-corrected chi connectivity index (χ3v) is 5.45. The van der Waals surface area contributed by atoms with Crippen LogP contribution in [0.25, 0.3) is 11.1 Å². The van der Waals surface area contributed by atoms with E-state index >= 15 is 0 Å². The molecule has 6 nitrogen and oxygen atoms in total. The number of hydrogen-bond donors (Lipinski definition) is 4. The van der Waals surface area contributed by atoms with Gasteiger partial charge in [0, 0.05) is 12.6 Å². The van der Waals surface area contributed by atoms with Crippen molar-refractivity contribution in [3.05, 3.63) is 82.9 Å². The molecule has 0 unspecified atom stereocenters. The van der Waals surface area contributed by atoms with Gasteiger partial charge in [-0.25, -0.2) is 4.79 Å². The molecule has 32 heavy (non-hydrogen) atoms. The first kappa shape index (κ1) is 23.3. The molecule has 0 aliphatic heterocycles. The van der Waals surface area contributed by atoms with E-state index < -0.39 is 12.1 Å². The molecular formula is C26H29NO5. The molecule has 0 radical (unpaired) electrons. The van der Waals surface area contributed by atoms with Crippen LogP contribution in [-0.4, -0.2) is 40.5 Å². The zero-order valence-electron chi connectivity index (χ0n) is 18.5. The van der Waals surface area contributed by atoms with Crippen LogP contribution in [0.1, 0.15) is 40.1 Å². The van der Waals surface area contributed by atoms with Crippen LogP contribution in [0.5, 0.6) is 11.5 Å². The van der Waals surface area contributed by atoms with Gasteiger partial charge in [0.1, 0.15) is 18.1 Å². The molecule has 0 spiro atoms. The summed E-state index contributed by atoms with van der Waals surface area (Å²) in [6.45, 7) is 6.89. The number of aliphatic hydroxyl groups is 1. The van der Waals surface area contributed by atoms with Gasteiger partial charge in [0.25, 0.3) is 0 Å². The molecule has 0 amide bonds. The van der Waals surface area contributed by atoms with Gasteiger partial charge < -0.3 is 25.4 Å². The summed E-state index contributed by atoms with van der Waals surface area (Å²) >= 11 is 0. The number of hydrogen-bond acceptors (Lipinski definition) is 5. The molecule has 168 valence electrons. The predicted octanol–water partition coefficient (Wildman–Crippen LogP) is 4.46. The minimum Gasteiger partial charge on any atom is -0.508 e. The van der Waals surface area contributed by atoms with E-state index in [2.05, 4.69) is 5.32 Å². The lowest BCUT2D eigenvalue weighted by atomic mass is 9.99. The molecule has 3 aromatic carbocycles. The van der Waals surface area contributed by atoms with Gasteiger partial charge in [0.05, 0.1) is 11.7 Å². The number of carboxylic acid groups (broad SMARTS) is 1. The largest absolute Gasteiger partial charge is 0.508 e. The van der Waals surface area contributed by atoms with Gasteiger partial charge in [-0.15, -0.1) is 0 Å². The Kier molecular flexibility index (Phi) is 7.51. The monoisotopic (exact) mass is 435 g/mol. The van der Waals surface area contributed by atoms with Crippen LogP contribution < -0.4 is 10.1 Å². The second-order valence-electron chi connectivity index (χ2n) is 7.95. The van der Waals surface area contributed by atoms with Crippen LogP contribution in [0.4, 0.5) is 0 Å². The Bertz CT molecular complexity index is 1040. The number of benzene rings is 3. The number of aromatic carboxylic acids is 1. The van der Waals surface area contributed by atoms with Crippen LogP contribution >= 0.6 is 0 Å². The maximum atomic E-state index is 11.0. The highest BCUT2D eigenvalue weighted by Crippen LogP contribution is 2.30. The van der Waals surface area contributed by atoms with E-state index in [-0.39, 0.29) is 17.4 Å². The van der Waals surface area contributed by atoms with Gasteiger partial charge in [0.15, 0.2) is 0 Å². The number of phenols is 1. The second-order valence-corrected chi connectivity index (χ2v) is 7.95. The number of rotatable bonds is 9. The summed E-state index contributed by atoms with van der Waals surface area (Å²) in [5.41, 5.74) is 4.96. The molecule has 0 bridgehead atoms. The fourth-order valence-electron chi connectivity index (χ4n) is 3.66. The van der Waals surface area contributed by atoms with Crippen molar-refractivity contribution in [2.45, 2.75) is 32.9 Å². The van der Waals surface area contributed by atoms with Crippen molar-refractivity contribution < 1.29 is 24.9 Å². The Morgan fingerprint density at radius 2 is 1.56 bits per heavy atom. The van der Waals surface area contributed by atoms with Crippen molar-refractivity contribution >= 4 is 5.97 Å². The maximum absolute atomic E-state index is 11.0. The highest BCUT2D eigenvalue weighted by Gasteiger charge is 2.16. The fourth-order valence-corrected chi connectivity index (χ4v) is 3.66. The van der Waals surface area contributed by atoms with E-state index in [9.17, 15) is 15.0 Å². The Morgan fingerprint density at radius 3 is 2.12 bits per heavy atom. The van der Waals surface area contributed by atoms with Crippen molar-refractivity contribution in [3.8, 4) is 22.6 Å². The Labute approximate surface area is 188 Å². The zero-order valence-corrected chi connectivity index (χ0v) is 18.5. The maximum Gasteiger partial charge on any atom is 0.335 e. The van der Waals surface area contributed by atoms with E-state index in [0.29, 0.717) is 13.2 Å². The summed E-state index contributed by atoms with van der Waals surface area (Å²) < 4.78 is 6.01. The van der Waals surface area contributed by atoms with E-state index in [1.807, 2.05) is 45.0 Å². The van der Waals surface area contributed by atoms with Crippen molar-refractivity contribution in [1.29, 1.82) is 0 Å². The molecular weight excluding hydrogens is 406 g/mol. The number of carboxylic acids is 1. The van der Waals surface area contributed by atoms with E-state index in [4.69, 9.17) is 9.84 Å².